The summed E-state index contributed by atoms with van der Waals surface area (Å²) >= 11 is 0. The normalized spacial score (nSPS) is 16.0. The second kappa shape index (κ2) is 9.42. The van der Waals surface area contributed by atoms with E-state index in [4.69, 9.17) is 9.84 Å². The predicted molar refractivity (Wildman–Crippen MR) is 89.7 cm³/mol. The fraction of sp³-hybridized carbons (Fsp3) is 0.526. The Morgan fingerprint density at radius 1 is 1.23 bits per heavy atom. The molecule has 0 radical (unpaired) electrons. The smallest absolute Gasteiger partial charge is 0.338 e. The van der Waals surface area contributed by atoms with Gasteiger partial charge in [-0.2, -0.15) is 0 Å². The Morgan fingerprint density at radius 2 is 1.86 bits per heavy atom. The van der Waals surface area contributed by atoms with Gasteiger partial charge >= 0.3 is 5.97 Å². The predicted octanol–water partition coefficient (Wildman–Crippen LogP) is 4.22. The summed E-state index contributed by atoms with van der Waals surface area (Å²) in [6.07, 6.45) is 3.78. The first kappa shape index (κ1) is 18.4. The van der Waals surface area contributed by atoms with Crippen molar-refractivity contribution in [2.45, 2.75) is 46.6 Å². The molecule has 1 rings (SSSR count). The van der Waals surface area contributed by atoms with Crippen LogP contribution < -0.4 is 0 Å². The summed E-state index contributed by atoms with van der Waals surface area (Å²) < 4.78 is 5.48. The number of rotatable bonds is 8. The van der Waals surface area contributed by atoms with Gasteiger partial charge in [0, 0.05) is 6.61 Å². The van der Waals surface area contributed by atoms with Crippen molar-refractivity contribution in [2.24, 2.45) is 11.8 Å². The highest BCUT2D eigenvalue weighted by atomic mass is 16.5. The average molecular weight is 304 g/mol. The Bertz CT molecular complexity index is 479. The summed E-state index contributed by atoms with van der Waals surface area (Å²) in [5, 5.41) is 9.09. The first-order chi connectivity index (χ1) is 10.4. The van der Waals surface area contributed by atoms with Crippen LogP contribution in [0.15, 0.2) is 42.0 Å². The van der Waals surface area contributed by atoms with Crippen molar-refractivity contribution in [3.8, 4) is 0 Å². The largest absolute Gasteiger partial charge is 0.459 e. The fourth-order valence-corrected chi connectivity index (χ4v) is 2.63. The molecule has 0 bridgehead atoms. The Balaban J connectivity index is 2.45. The van der Waals surface area contributed by atoms with Gasteiger partial charge < -0.3 is 9.84 Å². The van der Waals surface area contributed by atoms with Gasteiger partial charge in [0.2, 0.25) is 0 Å². The van der Waals surface area contributed by atoms with Crippen molar-refractivity contribution in [2.75, 3.05) is 6.61 Å². The lowest BCUT2D eigenvalue weighted by Gasteiger charge is -2.17. The number of hydrogen-bond acceptors (Lipinski definition) is 3. The van der Waals surface area contributed by atoms with Crippen molar-refractivity contribution >= 4 is 5.97 Å². The van der Waals surface area contributed by atoms with Crippen molar-refractivity contribution < 1.29 is 14.6 Å². The van der Waals surface area contributed by atoms with Gasteiger partial charge in [-0.3, -0.25) is 0 Å². The molecule has 22 heavy (non-hydrogen) atoms. The van der Waals surface area contributed by atoms with Crippen LogP contribution in [-0.2, 0) is 4.74 Å². The van der Waals surface area contributed by atoms with Gasteiger partial charge in [-0.15, -0.1) is 0 Å². The number of ether oxygens (including phenoxy) is 1. The summed E-state index contributed by atoms with van der Waals surface area (Å²) in [6, 6.07) is 9.07. The average Bonchev–Trinajstić information content (AvgIpc) is 2.47. The molecule has 1 aromatic rings. The molecule has 0 aliphatic heterocycles. The van der Waals surface area contributed by atoms with E-state index in [1.54, 1.807) is 12.1 Å². The molecular formula is C19H28O3. The number of carbonyl (C=O) groups is 1. The number of aliphatic hydroxyl groups excluding tert-OH is 1. The highest BCUT2D eigenvalue weighted by Gasteiger charge is 2.14. The van der Waals surface area contributed by atoms with E-state index in [2.05, 4.69) is 19.9 Å². The van der Waals surface area contributed by atoms with Crippen LogP contribution in [0.4, 0.5) is 0 Å². The monoisotopic (exact) mass is 304 g/mol. The molecule has 0 aliphatic carbocycles. The van der Waals surface area contributed by atoms with Crippen LogP contribution in [0.1, 0.15) is 50.9 Å². The molecule has 0 aromatic heterocycles. The minimum atomic E-state index is -0.269. The molecule has 0 spiro atoms. The minimum absolute atomic E-state index is 0.123. The van der Waals surface area contributed by atoms with E-state index in [9.17, 15) is 4.79 Å². The van der Waals surface area contributed by atoms with Crippen molar-refractivity contribution in [1.29, 1.82) is 0 Å². The Morgan fingerprint density at radius 3 is 2.45 bits per heavy atom. The van der Waals surface area contributed by atoms with Crippen molar-refractivity contribution in [3.63, 3.8) is 0 Å². The van der Waals surface area contributed by atoms with Crippen LogP contribution in [0, 0.1) is 11.8 Å². The zero-order valence-corrected chi connectivity index (χ0v) is 14.1. The summed E-state index contributed by atoms with van der Waals surface area (Å²) in [6.45, 7) is 8.39. The van der Waals surface area contributed by atoms with Gasteiger partial charge in [-0.25, -0.2) is 4.79 Å². The van der Waals surface area contributed by atoms with Gasteiger partial charge in [0.1, 0.15) is 0 Å². The standard InChI is InChI=1S/C19H28O3/c1-14(11-16(3)13-20)10-15(2)12-17(4)22-19(21)18-8-6-5-7-9-18/h5-10,15-17,20H,11-13H2,1-4H3/b14-10+/t15-,16-,17-/m0/s1. The maximum Gasteiger partial charge on any atom is 0.338 e. The van der Waals surface area contributed by atoms with E-state index >= 15 is 0 Å². The molecule has 3 heteroatoms. The highest BCUT2D eigenvalue weighted by molar-refractivity contribution is 5.89. The molecule has 0 unspecified atom stereocenters. The summed E-state index contributed by atoms with van der Waals surface area (Å²) in [7, 11) is 0. The quantitative estimate of drug-likeness (QED) is 0.577. The molecule has 0 heterocycles. The molecule has 0 saturated carbocycles. The molecule has 0 saturated heterocycles. The number of esters is 1. The van der Waals surface area contributed by atoms with Crippen LogP contribution >= 0.6 is 0 Å². The molecule has 3 atom stereocenters. The third-order valence-corrected chi connectivity index (χ3v) is 3.57. The number of hydrogen-bond donors (Lipinski definition) is 1. The summed E-state index contributed by atoms with van der Waals surface area (Å²) in [5.41, 5.74) is 1.86. The fourth-order valence-electron chi connectivity index (χ4n) is 2.63. The van der Waals surface area contributed by atoms with Crippen molar-refractivity contribution in [3.05, 3.63) is 47.5 Å². The Hall–Kier alpha value is -1.61. The number of aliphatic hydroxyl groups is 1. The topological polar surface area (TPSA) is 46.5 Å². The van der Waals surface area contributed by atoms with E-state index < -0.39 is 0 Å². The van der Waals surface area contributed by atoms with Gasteiger partial charge in [-0.1, -0.05) is 43.7 Å². The molecule has 1 N–H and O–H groups in total. The zero-order valence-electron chi connectivity index (χ0n) is 14.1. The minimum Gasteiger partial charge on any atom is -0.459 e. The molecule has 0 amide bonds. The molecule has 0 fully saturated rings. The Labute approximate surface area is 134 Å². The van der Waals surface area contributed by atoms with Gasteiger partial charge in [0.15, 0.2) is 0 Å². The molecule has 1 aromatic carbocycles. The third kappa shape index (κ3) is 6.90. The van der Waals surface area contributed by atoms with E-state index in [1.165, 1.54) is 5.57 Å². The SMILES string of the molecule is C/C(=C\[C@H](C)C[C@H](C)OC(=O)c1ccccc1)C[C@H](C)CO. The van der Waals surface area contributed by atoms with Crippen LogP contribution in [0.2, 0.25) is 0 Å². The molecule has 0 aliphatic rings. The lowest BCUT2D eigenvalue weighted by atomic mass is 9.96. The molecule has 3 nitrogen and oxygen atoms in total. The number of allylic oxidation sites excluding steroid dienone is 2. The lowest BCUT2D eigenvalue weighted by Crippen LogP contribution is -2.17. The second-order valence-electron chi connectivity index (χ2n) is 6.30. The number of carbonyl (C=O) groups excluding carboxylic acids is 1. The summed E-state index contributed by atoms with van der Waals surface area (Å²) in [4.78, 5) is 12.0. The van der Waals surface area contributed by atoms with Crippen LogP contribution in [0.25, 0.3) is 0 Å². The van der Waals surface area contributed by atoms with Gasteiger partial charge in [-0.05, 0) is 50.7 Å². The van der Waals surface area contributed by atoms with Crippen molar-refractivity contribution in [1.82, 2.24) is 0 Å². The van der Waals surface area contributed by atoms with E-state index in [0.29, 0.717) is 11.5 Å². The van der Waals surface area contributed by atoms with Gasteiger partial charge in [0.25, 0.3) is 0 Å². The molecular weight excluding hydrogens is 276 g/mol. The highest BCUT2D eigenvalue weighted by Crippen LogP contribution is 2.17. The van der Waals surface area contributed by atoms with E-state index in [-0.39, 0.29) is 24.6 Å². The first-order valence-corrected chi connectivity index (χ1v) is 7.96. The number of benzene rings is 1. The lowest BCUT2D eigenvalue weighted by molar-refractivity contribution is 0.0306. The first-order valence-electron chi connectivity index (χ1n) is 7.96. The van der Waals surface area contributed by atoms with E-state index in [1.807, 2.05) is 32.0 Å². The Kier molecular flexibility index (Phi) is 7.89. The second-order valence-corrected chi connectivity index (χ2v) is 6.30. The van der Waals surface area contributed by atoms with Gasteiger partial charge in [0.05, 0.1) is 11.7 Å². The maximum atomic E-state index is 12.0. The maximum absolute atomic E-state index is 12.0. The molecule has 122 valence electrons. The summed E-state index contributed by atoms with van der Waals surface area (Å²) in [5.74, 6) is 0.358. The van der Waals surface area contributed by atoms with Crippen LogP contribution in [0.5, 0.6) is 0 Å². The van der Waals surface area contributed by atoms with Crippen LogP contribution in [0.3, 0.4) is 0 Å². The van der Waals surface area contributed by atoms with Crippen LogP contribution in [-0.4, -0.2) is 23.8 Å². The van der Waals surface area contributed by atoms with E-state index in [0.717, 1.165) is 12.8 Å². The third-order valence-electron chi connectivity index (χ3n) is 3.57. The zero-order chi connectivity index (χ0) is 16.5.